The van der Waals surface area contributed by atoms with Gasteiger partial charge in [-0.25, -0.2) is 0 Å². The molecule has 0 bridgehead atoms. The lowest BCUT2D eigenvalue weighted by Crippen LogP contribution is -2.51. The summed E-state index contributed by atoms with van der Waals surface area (Å²) < 4.78 is 14.7. The van der Waals surface area contributed by atoms with E-state index in [0.717, 1.165) is 41.9 Å². The van der Waals surface area contributed by atoms with Crippen LogP contribution in [0.5, 0.6) is 5.75 Å². The first kappa shape index (κ1) is 50.1. The molecule has 9 N–H and O–H groups in total. The zero-order valence-electron chi connectivity index (χ0n) is 36.3. The van der Waals surface area contributed by atoms with Gasteiger partial charge in [-0.2, -0.15) is 0 Å². The summed E-state index contributed by atoms with van der Waals surface area (Å²) in [5, 5.41) is 30.0. The van der Waals surface area contributed by atoms with Crippen LogP contribution < -0.4 is 27.0 Å². The Bertz CT molecular complexity index is 2320. The molecule has 2 aliphatic rings. The molecule has 1 aliphatic carbocycles. The molecule has 0 spiro atoms. The number of likely N-dealkylation sites (tertiary alicyclic amines) is 1. The Labute approximate surface area is 383 Å². The maximum Gasteiger partial charge on any atom is 0.243 e. The third-order valence-corrected chi connectivity index (χ3v) is 13.9. The highest BCUT2D eigenvalue weighted by atomic mass is 35.5. The number of phenols is 1. The number of nitrogens with one attached hydrogen (secondary N) is 5. The predicted molar refractivity (Wildman–Crippen MR) is 248 cm³/mol. The maximum atomic E-state index is 14.7. The molecule has 346 valence electrons. The molecule has 5 amide bonds. The van der Waals surface area contributed by atoms with Crippen LogP contribution in [0.4, 0.5) is 0 Å². The van der Waals surface area contributed by atoms with E-state index < -0.39 is 80.1 Å². The molecule has 0 saturated carbocycles. The van der Waals surface area contributed by atoms with Gasteiger partial charge in [0.15, 0.2) is 0 Å². The summed E-state index contributed by atoms with van der Waals surface area (Å²) in [6.07, 6.45) is 5.00. The molecule has 1 heterocycles. The van der Waals surface area contributed by atoms with Crippen LogP contribution in [0.25, 0.3) is 5.57 Å². The second-order valence-electron chi connectivity index (χ2n) is 16.4. The lowest BCUT2D eigenvalue weighted by Gasteiger charge is -2.29. The molecule has 1 saturated heterocycles. The van der Waals surface area contributed by atoms with E-state index in [1.165, 1.54) is 31.2 Å². The van der Waals surface area contributed by atoms with Gasteiger partial charge in [-0.15, -0.1) is 0 Å². The third kappa shape index (κ3) is 15.6. The number of primary amides is 1. The molecule has 1 aliphatic heterocycles. The Morgan fingerprint density at radius 1 is 0.923 bits per heavy atom. The number of carbonyl (C=O) groups excluding carboxylic acids is 6. The highest BCUT2D eigenvalue weighted by molar-refractivity contribution is 7.58. The van der Waals surface area contributed by atoms with Crippen molar-refractivity contribution in [2.24, 2.45) is 11.7 Å². The summed E-state index contributed by atoms with van der Waals surface area (Å²) in [5.41, 5.74) is 8.58. The minimum atomic E-state index is -4.63. The van der Waals surface area contributed by atoms with E-state index in [0.29, 0.717) is 29.8 Å². The smallest absolute Gasteiger partial charge is 0.243 e. The van der Waals surface area contributed by atoms with E-state index in [2.05, 4.69) is 27.3 Å². The normalized spacial score (nSPS) is 17.0. The number of rotatable bonds is 23. The van der Waals surface area contributed by atoms with Crippen LogP contribution in [0.15, 0.2) is 96.0 Å². The van der Waals surface area contributed by atoms with E-state index in [1.807, 2.05) is 18.2 Å². The number of Topliss-reactive ketones (excluding diaryl/α,β-unsaturated/α-hetero) is 1. The molecular weight excluding hydrogens is 873 g/mol. The number of allylic oxidation sites excluding steroid dienone is 4. The summed E-state index contributed by atoms with van der Waals surface area (Å²) in [4.78, 5) is 92.4. The van der Waals surface area contributed by atoms with Gasteiger partial charge >= 0.3 is 0 Å². The second-order valence-corrected chi connectivity index (χ2v) is 19.4. The van der Waals surface area contributed by atoms with Crippen LogP contribution in [-0.4, -0.2) is 106 Å². The first-order chi connectivity index (χ1) is 31.0. The SMILES string of the molecule is CC(=O)N1CCCC1CNCC(=O)NC(Cc1ccccc1)P(=O)(O)CC(CC(=O)CC(=N)c1ccc(C2=CCCC(Cl)=C2)cc1)C(=O)NC(Cc1ccc(O)cc1)C(=O)NCC(N)=O. The minimum absolute atomic E-state index is 0.0450. The number of halogens is 1. The number of phenolic OH excluding ortho intramolecular Hbond substituents is 1. The molecule has 16 nitrogen and oxygen atoms in total. The van der Waals surface area contributed by atoms with Crippen molar-refractivity contribution in [1.29, 1.82) is 5.41 Å². The largest absolute Gasteiger partial charge is 0.508 e. The van der Waals surface area contributed by atoms with Crippen LogP contribution >= 0.6 is 19.0 Å². The number of hydrogen-bond donors (Lipinski definition) is 8. The monoisotopic (exact) mass is 929 g/mol. The second kappa shape index (κ2) is 23.8. The Hall–Kier alpha value is -5.93. The fraction of sp³-hybridized carbons (Fsp3) is 0.383. The van der Waals surface area contributed by atoms with Crippen LogP contribution in [0.1, 0.15) is 67.7 Å². The summed E-state index contributed by atoms with van der Waals surface area (Å²) in [7, 11) is -4.63. The van der Waals surface area contributed by atoms with Gasteiger partial charge in [-0.1, -0.05) is 84.4 Å². The van der Waals surface area contributed by atoms with E-state index in [1.54, 1.807) is 47.4 Å². The van der Waals surface area contributed by atoms with Gasteiger partial charge in [0.05, 0.1) is 19.0 Å². The van der Waals surface area contributed by atoms with Crippen molar-refractivity contribution in [2.45, 2.75) is 76.2 Å². The molecule has 5 atom stereocenters. The maximum absolute atomic E-state index is 14.7. The van der Waals surface area contributed by atoms with E-state index in [-0.39, 0.29) is 42.8 Å². The fourth-order valence-corrected chi connectivity index (χ4v) is 10.2. The lowest BCUT2D eigenvalue weighted by atomic mass is 9.95. The Balaban J connectivity index is 1.38. The molecule has 18 heteroatoms. The molecular formula is C47H57ClN7O9P. The van der Waals surface area contributed by atoms with Gasteiger partial charge in [-0.05, 0) is 71.7 Å². The molecule has 5 unspecified atom stereocenters. The van der Waals surface area contributed by atoms with E-state index in [4.69, 9.17) is 22.7 Å². The van der Waals surface area contributed by atoms with Gasteiger partial charge in [0.25, 0.3) is 0 Å². The van der Waals surface area contributed by atoms with Crippen molar-refractivity contribution in [1.82, 2.24) is 26.2 Å². The van der Waals surface area contributed by atoms with Gasteiger partial charge in [0.1, 0.15) is 23.4 Å². The number of aromatic hydroxyl groups is 1. The minimum Gasteiger partial charge on any atom is -0.508 e. The van der Waals surface area contributed by atoms with Gasteiger partial charge in [0, 0.05) is 68.6 Å². The van der Waals surface area contributed by atoms with Crippen LogP contribution in [0.2, 0.25) is 0 Å². The number of ketones is 1. The quantitative estimate of drug-likeness (QED) is 0.0502. The third-order valence-electron chi connectivity index (χ3n) is 11.3. The molecule has 1 fully saturated rings. The first-order valence-corrected chi connectivity index (χ1v) is 23.8. The zero-order chi connectivity index (χ0) is 47.1. The number of carbonyl (C=O) groups is 6. The standard InChI is InChI=1S/C47H57ClN7O9P/c1-30(56)55-20-6-11-38(55)26-51-28-44(60)54-45(22-31-7-3-2-4-8-31)65(63,64)29-36(46(61)53-42(47(62)52-27-43(50)59)21-32-12-18-39(57)19-13-32)24-40(58)25-41(49)34-16-14-33(15-17-34)35-9-5-10-37(48)23-35/h2-4,7-9,12-19,23,36,38,42,45,49,51,57H,5-6,10-11,20-22,24-29H2,1H3,(H2,50,59)(H,52,62)(H,53,61)(H,54,60)(H,63,64). The van der Waals surface area contributed by atoms with Crippen molar-refractivity contribution in [2.75, 3.05) is 32.3 Å². The van der Waals surface area contributed by atoms with Crippen LogP contribution in [0, 0.1) is 11.3 Å². The zero-order valence-corrected chi connectivity index (χ0v) is 37.9. The number of benzene rings is 3. The average molecular weight is 930 g/mol. The predicted octanol–water partition coefficient (Wildman–Crippen LogP) is 3.91. The summed E-state index contributed by atoms with van der Waals surface area (Å²) >= 11 is 6.25. The molecule has 5 rings (SSSR count). The lowest BCUT2D eigenvalue weighted by molar-refractivity contribution is -0.132. The van der Waals surface area contributed by atoms with Crippen molar-refractivity contribution < 1.29 is 43.3 Å². The number of nitrogens with zero attached hydrogens (tertiary/aromatic N) is 1. The van der Waals surface area contributed by atoms with Crippen molar-refractivity contribution in [3.63, 3.8) is 0 Å². The van der Waals surface area contributed by atoms with Gasteiger partial charge in [-0.3, -0.25) is 33.3 Å². The summed E-state index contributed by atoms with van der Waals surface area (Å²) in [5.74, 6) is -6.87. The van der Waals surface area contributed by atoms with Crippen molar-refractivity contribution >= 4 is 65.6 Å². The Kier molecular flexibility index (Phi) is 18.4. The highest BCUT2D eigenvalue weighted by Gasteiger charge is 2.39. The molecule has 0 aromatic heterocycles. The van der Waals surface area contributed by atoms with Gasteiger partial charge < -0.3 is 47.3 Å². The Morgan fingerprint density at radius 3 is 2.28 bits per heavy atom. The molecule has 3 aromatic carbocycles. The summed E-state index contributed by atoms with van der Waals surface area (Å²) in [6.45, 7) is 1.65. The Morgan fingerprint density at radius 2 is 1.62 bits per heavy atom. The van der Waals surface area contributed by atoms with Crippen molar-refractivity contribution in [3.05, 3.63) is 118 Å². The molecule has 0 radical (unpaired) electrons. The van der Waals surface area contributed by atoms with Crippen LogP contribution in [-0.2, 0) is 46.2 Å². The first-order valence-electron chi connectivity index (χ1n) is 21.5. The molecule has 65 heavy (non-hydrogen) atoms. The molecule has 3 aromatic rings. The van der Waals surface area contributed by atoms with Gasteiger partial charge in [0.2, 0.25) is 36.9 Å². The fourth-order valence-electron chi connectivity index (χ4n) is 7.91. The highest BCUT2D eigenvalue weighted by Crippen LogP contribution is 2.48. The van der Waals surface area contributed by atoms with E-state index in [9.17, 15) is 43.3 Å². The topological polar surface area (TPSA) is 261 Å². The average Bonchev–Trinajstić information content (AvgIpc) is 3.75. The number of hydrogen-bond acceptors (Lipinski definition) is 10. The number of nitrogens with two attached hydrogens (primary N) is 1. The van der Waals surface area contributed by atoms with Crippen LogP contribution in [0.3, 0.4) is 0 Å². The summed E-state index contributed by atoms with van der Waals surface area (Å²) in [6, 6.07) is 20.0. The van der Waals surface area contributed by atoms with E-state index >= 15 is 0 Å². The number of amides is 5. The van der Waals surface area contributed by atoms with Crippen molar-refractivity contribution in [3.8, 4) is 5.75 Å².